The third kappa shape index (κ3) is 2.83. The van der Waals surface area contributed by atoms with E-state index >= 15 is 0 Å². The Morgan fingerprint density at radius 2 is 1.81 bits per heavy atom. The Morgan fingerprint density at radius 1 is 0.903 bits per heavy atom. The molecule has 0 bridgehead atoms. The summed E-state index contributed by atoms with van der Waals surface area (Å²) in [6, 6.07) is 10.9. The van der Waals surface area contributed by atoms with Crippen molar-refractivity contribution in [3.8, 4) is 33.9 Å². The molecule has 0 aliphatic rings. The van der Waals surface area contributed by atoms with Gasteiger partial charge in [0.2, 0.25) is 0 Å². The largest absolute Gasteiger partial charge is 0.335 e. The van der Waals surface area contributed by atoms with Crippen molar-refractivity contribution in [2.24, 2.45) is 0 Å². The van der Waals surface area contributed by atoms with Crippen molar-refractivity contribution in [3.05, 3.63) is 73.3 Å². The van der Waals surface area contributed by atoms with E-state index in [9.17, 15) is 4.39 Å². The molecule has 31 heavy (non-hydrogen) atoms. The normalized spacial score (nSPS) is 11.4. The van der Waals surface area contributed by atoms with Gasteiger partial charge < -0.3 is 4.98 Å². The minimum atomic E-state index is -0.442. The van der Waals surface area contributed by atoms with E-state index in [0.29, 0.717) is 33.7 Å². The fourth-order valence-corrected chi connectivity index (χ4v) is 3.64. The predicted octanol–water partition coefficient (Wildman–Crippen LogP) is 4.16. The first-order chi connectivity index (χ1) is 15.3. The fourth-order valence-electron chi connectivity index (χ4n) is 3.64. The molecule has 0 saturated heterocycles. The molecule has 0 radical (unpaired) electrons. The Bertz CT molecular complexity index is 1540. The third-order valence-corrected chi connectivity index (χ3v) is 5.08. The van der Waals surface area contributed by atoms with Gasteiger partial charge in [0.1, 0.15) is 17.5 Å². The van der Waals surface area contributed by atoms with Gasteiger partial charge >= 0.3 is 0 Å². The second-order valence-corrected chi connectivity index (χ2v) is 6.94. The van der Waals surface area contributed by atoms with Crippen LogP contribution in [0.1, 0.15) is 0 Å². The summed E-state index contributed by atoms with van der Waals surface area (Å²) in [5.74, 6) is 0.0662. The summed E-state index contributed by atoms with van der Waals surface area (Å²) in [6.07, 6.45) is 8.13. The summed E-state index contributed by atoms with van der Waals surface area (Å²) in [6.45, 7) is 0. The van der Waals surface area contributed by atoms with E-state index in [-0.39, 0.29) is 5.52 Å². The van der Waals surface area contributed by atoms with Crippen LogP contribution in [-0.2, 0) is 0 Å². The first-order valence-electron chi connectivity index (χ1n) is 9.47. The average Bonchev–Trinajstić information content (AvgIpc) is 3.44. The number of pyridine rings is 2. The SMILES string of the molecule is Fc1cc(-c2cncnc2)cc2c(-c3nc4nccc(-c5ccccn5)c4[nH]3)[nH]nc12. The zero-order chi connectivity index (χ0) is 20.8. The molecule has 0 aliphatic carbocycles. The summed E-state index contributed by atoms with van der Waals surface area (Å²) < 4.78 is 14.8. The van der Waals surface area contributed by atoms with Gasteiger partial charge in [0.15, 0.2) is 17.3 Å². The van der Waals surface area contributed by atoms with E-state index in [1.54, 1.807) is 24.8 Å². The van der Waals surface area contributed by atoms with Gasteiger partial charge in [-0.1, -0.05) is 6.07 Å². The standard InChI is InChI=1S/C22H13FN8/c23-16-8-12(13-9-24-11-25-10-13)7-15-18(16)30-31-20(15)22-28-19-14(4-6-27-21(19)29-22)17-3-1-2-5-26-17/h1-11H,(H,30,31)(H,27,28,29). The number of H-pyrrole nitrogens is 2. The second kappa shape index (κ2) is 6.77. The lowest BCUT2D eigenvalue weighted by Crippen LogP contribution is -1.86. The molecule has 6 rings (SSSR count). The molecule has 5 heterocycles. The van der Waals surface area contributed by atoms with Gasteiger partial charge in [0.25, 0.3) is 0 Å². The molecule has 0 spiro atoms. The second-order valence-electron chi connectivity index (χ2n) is 6.94. The maximum absolute atomic E-state index is 14.8. The van der Waals surface area contributed by atoms with Gasteiger partial charge in [-0.3, -0.25) is 10.1 Å². The molecule has 5 aromatic heterocycles. The lowest BCUT2D eigenvalue weighted by Gasteiger charge is -2.02. The van der Waals surface area contributed by atoms with Crippen LogP contribution in [0.5, 0.6) is 0 Å². The highest BCUT2D eigenvalue weighted by Gasteiger charge is 2.18. The molecule has 0 atom stereocenters. The highest BCUT2D eigenvalue weighted by molar-refractivity contribution is 5.97. The molecule has 0 saturated carbocycles. The summed E-state index contributed by atoms with van der Waals surface area (Å²) >= 11 is 0. The van der Waals surface area contributed by atoms with Crippen LogP contribution in [0, 0.1) is 5.82 Å². The Kier molecular flexibility index (Phi) is 3.79. The van der Waals surface area contributed by atoms with Crippen LogP contribution in [0.4, 0.5) is 4.39 Å². The van der Waals surface area contributed by atoms with Crippen LogP contribution < -0.4 is 0 Å². The molecule has 2 N–H and O–H groups in total. The fraction of sp³-hybridized carbons (Fsp3) is 0. The molecule has 1 aromatic carbocycles. The number of halogens is 1. The van der Waals surface area contributed by atoms with Crippen LogP contribution in [-0.4, -0.2) is 40.1 Å². The number of rotatable bonds is 3. The summed E-state index contributed by atoms with van der Waals surface area (Å²) in [5, 5.41) is 7.66. The van der Waals surface area contributed by atoms with Gasteiger partial charge in [-0.05, 0) is 35.9 Å². The number of imidazole rings is 1. The molecule has 0 amide bonds. The number of hydrogen-bond donors (Lipinski definition) is 2. The number of benzene rings is 1. The van der Waals surface area contributed by atoms with E-state index in [4.69, 9.17) is 0 Å². The molecule has 8 nitrogen and oxygen atoms in total. The van der Waals surface area contributed by atoms with Gasteiger partial charge in [-0.2, -0.15) is 5.10 Å². The van der Waals surface area contributed by atoms with Crippen molar-refractivity contribution in [3.63, 3.8) is 0 Å². The summed E-state index contributed by atoms with van der Waals surface area (Å²) in [5.41, 5.74) is 5.11. The molecular formula is C22H13FN8. The number of nitrogens with zero attached hydrogens (tertiary/aromatic N) is 6. The number of hydrogen-bond acceptors (Lipinski definition) is 6. The van der Waals surface area contributed by atoms with Crippen molar-refractivity contribution < 1.29 is 4.39 Å². The summed E-state index contributed by atoms with van der Waals surface area (Å²) in [7, 11) is 0. The molecule has 6 aromatic rings. The summed E-state index contributed by atoms with van der Waals surface area (Å²) in [4.78, 5) is 24.7. The van der Waals surface area contributed by atoms with Crippen molar-refractivity contribution >= 4 is 22.1 Å². The number of nitrogens with one attached hydrogen (secondary N) is 2. The molecule has 9 heteroatoms. The Hall–Kier alpha value is -4.53. The van der Waals surface area contributed by atoms with E-state index in [0.717, 1.165) is 16.8 Å². The lowest BCUT2D eigenvalue weighted by molar-refractivity contribution is 0.636. The molecule has 0 unspecified atom stereocenters. The van der Waals surface area contributed by atoms with Gasteiger partial charge in [-0.15, -0.1) is 0 Å². The van der Waals surface area contributed by atoms with Crippen LogP contribution >= 0.6 is 0 Å². The molecular weight excluding hydrogens is 395 g/mol. The van der Waals surface area contributed by atoms with E-state index in [1.165, 1.54) is 12.4 Å². The monoisotopic (exact) mass is 408 g/mol. The highest BCUT2D eigenvalue weighted by atomic mass is 19.1. The van der Waals surface area contributed by atoms with Crippen molar-refractivity contribution in [2.45, 2.75) is 0 Å². The molecule has 148 valence electrons. The minimum Gasteiger partial charge on any atom is -0.335 e. The number of aromatic nitrogens is 8. The highest BCUT2D eigenvalue weighted by Crippen LogP contribution is 2.33. The van der Waals surface area contributed by atoms with Gasteiger partial charge in [-0.25, -0.2) is 24.3 Å². The van der Waals surface area contributed by atoms with Crippen LogP contribution in [0.3, 0.4) is 0 Å². The average molecular weight is 408 g/mol. The molecule has 0 aliphatic heterocycles. The zero-order valence-corrected chi connectivity index (χ0v) is 15.9. The first kappa shape index (κ1) is 17.3. The quantitative estimate of drug-likeness (QED) is 0.455. The lowest BCUT2D eigenvalue weighted by atomic mass is 10.1. The van der Waals surface area contributed by atoms with Crippen LogP contribution in [0.2, 0.25) is 0 Å². The zero-order valence-electron chi connectivity index (χ0n) is 15.9. The third-order valence-electron chi connectivity index (χ3n) is 5.08. The molecule has 0 fully saturated rings. The topological polar surface area (TPSA) is 109 Å². The predicted molar refractivity (Wildman–Crippen MR) is 113 cm³/mol. The van der Waals surface area contributed by atoms with E-state index in [2.05, 4.69) is 40.1 Å². The maximum Gasteiger partial charge on any atom is 0.178 e. The number of aromatic amines is 2. The van der Waals surface area contributed by atoms with Gasteiger partial charge in [0, 0.05) is 41.3 Å². The van der Waals surface area contributed by atoms with Crippen molar-refractivity contribution in [1.82, 2.24) is 40.1 Å². The van der Waals surface area contributed by atoms with Crippen molar-refractivity contribution in [2.75, 3.05) is 0 Å². The first-order valence-corrected chi connectivity index (χ1v) is 9.47. The minimum absolute atomic E-state index is 0.231. The number of fused-ring (bicyclic) bond motifs is 2. The smallest absolute Gasteiger partial charge is 0.178 e. The Balaban J connectivity index is 1.55. The van der Waals surface area contributed by atoms with E-state index in [1.807, 2.05) is 30.3 Å². The maximum atomic E-state index is 14.8. The Labute approximate surface area is 174 Å². The van der Waals surface area contributed by atoms with Crippen molar-refractivity contribution in [1.29, 1.82) is 0 Å². The van der Waals surface area contributed by atoms with Crippen LogP contribution in [0.15, 0.2) is 67.5 Å². The Morgan fingerprint density at radius 3 is 2.65 bits per heavy atom. The van der Waals surface area contributed by atoms with Gasteiger partial charge in [0.05, 0.1) is 11.2 Å². The van der Waals surface area contributed by atoms with E-state index < -0.39 is 5.82 Å². The van der Waals surface area contributed by atoms with Crippen LogP contribution in [0.25, 0.3) is 56.0 Å².